The number of aromatic hydroxyl groups is 1. The molecule has 0 radical (unpaired) electrons. The van der Waals surface area contributed by atoms with Gasteiger partial charge in [0.1, 0.15) is 11.6 Å². The number of hydrogen-bond acceptors (Lipinski definition) is 3. The Hall–Kier alpha value is -1.42. The minimum absolute atomic E-state index is 0.113. The summed E-state index contributed by atoms with van der Waals surface area (Å²) in [6.45, 7) is 0. The highest BCUT2D eigenvalue weighted by molar-refractivity contribution is 7.09. The normalized spacial score (nSPS) is 10.4. The zero-order chi connectivity index (χ0) is 9.97. The molecule has 2 rings (SSSR count). The first-order valence-electron chi connectivity index (χ1n) is 4.11. The number of benzene rings is 1. The number of rotatable bonds is 2. The van der Waals surface area contributed by atoms with Gasteiger partial charge in [-0.1, -0.05) is 0 Å². The summed E-state index contributed by atoms with van der Waals surface area (Å²) in [5.74, 6) is -0.226. The van der Waals surface area contributed by atoms with E-state index in [0.29, 0.717) is 12.0 Å². The lowest BCUT2D eigenvalue weighted by molar-refractivity contribution is 0.467. The third-order valence-electron chi connectivity index (χ3n) is 1.87. The van der Waals surface area contributed by atoms with E-state index in [1.165, 1.54) is 29.5 Å². The van der Waals surface area contributed by atoms with Gasteiger partial charge in [-0.25, -0.2) is 9.37 Å². The molecule has 0 unspecified atom stereocenters. The van der Waals surface area contributed by atoms with Gasteiger partial charge in [0.2, 0.25) is 0 Å². The fourth-order valence-corrected chi connectivity index (χ4v) is 1.84. The van der Waals surface area contributed by atoms with Crippen LogP contribution in [0.25, 0.3) is 0 Å². The van der Waals surface area contributed by atoms with Crippen molar-refractivity contribution in [2.75, 3.05) is 0 Å². The van der Waals surface area contributed by atoms with E-state index in [1.54, 1.807) is 6.20 Å². The molecule has 2 nitrogen and oxygen atoms in total. The van der Waals surface area contributed by atoms with Crippen LogP contribution < -0.4 is 0 Å². The molecule has 1 N–H and O–H groups in total. The lowest BCUT2D eigenvalue weighted by Crippen LogP contribution is -1.89. The summed E-state index contributed by atoms with van der Waals surface area (Å²) in [6, 6.07) is 3.93. The Balaban J connectivity index is 2.28. The zero-order valence-electron chi connectivity index (χ0n) is 7.27. The quantitative estimate of drug-likeness (QED) is 0.824. The smallest absolute Gasteiger partial charge is 0.123 e. The number of halogens is 1. The average molecular weight is 209 g/mol. The highest BCUT2D eigenvalue weighted by atomic mass is 32.1. The van der Waals surface area contributed by atoms with Gasteiger partial charge in [-0.05, 0) is 18.2 Å². The Morgan fingerprint density at radius 1 is 1.43 bits per heavy atom. The van der Waals surface area contributed by atoms with Crippen LogP contribution in [0.15, 0.2) is 29.8 Å². The van der Waals surface area contributed by atoms with Crippen LogP contribution in [0, 0.1) is 5.82 Å². The summed E-state index contributed by atoms with van der Waals surface area (Å²) >= 11 is 1.49. The van der Waals surface area contributed by atoms with Crippen LogP contribution in [0.4, 0.5) is 4.39 Å². The van der Waals surface area contributed by atoms with Gasteiger partial charge in [0.05, 0.1) is 5.01 Å². The van der Waals surface area contributed by atoms with Crippen LogP contribution in [0.1, 0.15) is 10.6 Å². The molecule has 72 valence electrons. The fraction of sp³-hybridized carbons (Fsp3) is 0.100. The Kier molecular flexibility index (Phi) is 2.45. The highest BCUT2D eigenvalue weighted by Gasteiger charge is 2.05. The lowest BCUT2D eigenvalue weighted by atomic mass is 10.1. The highest BCUT2D eigenvalue weighted by Crippen LogP contribution is 2.21. The van der Waals surface area contributed by atoms with E-state index in [9.17, 15) is 9.50 Å². The van der Waals surface area contributed by atoms with Crippen molar-refractivity contribution < 1.29 is 9.50 Å². The number of nitrogens with zero attached hydrogens (tertiary/aromatic N) is 1. The summed E-state index contributed by atoms with van der Waals surface area (Å²) < 4.78 is 12.8. The molecule has 0 aliphatic rings. The largest absolute Gasteiger partial charge is 0.508 e. The van der Waals surface area contributed by atoms with Crippen LogP contribution in [-0.2, 0) is 6.42 Å². The molecule has 1 aromatic heterocycles. The molecule has 4 heteroatoms. The van der Waals surface area contributed by atoms with Crippen LogP contribution in [0.2, 0.25) is 0 Å². The Labute approximate surface area is 84.7 Å². The van der Waals surface area contributed by atoms with Crippen LogP contribution in [-0.4, -0.2) is 10.1 Å². The summed E-state index contributed by atoms with van der Waals surface area (Å²) in [5, 5.41) is 12.2. The maximum atomic E-state index is 12.8. The van der Waals surface area contributed by atoms with Crippen LogP contribution in [0.5, 0.6) is 5.75 Å². The van der Waals surface area contributed by atoms with E-state index in [2.05, 4.69) is 4.98 Å². The maximum Gasteiger partial charge on any atom is 0.123 e. The summed E-state index contributed by atoms with van der Waals surface area (Å²) in [7, 11) is 0. The topological polar surface area (TPSA) is 33.1 Å². The van der Waals surface area contributed by atoms with Gasteiger partial charge in [0, 0.05) is 23.6 Å². The molecule has 2 aromatic rings. The molecule has 0 aliphatic heterocycles. The molecule has 0 amide bonds. The van der Waals surface area contributed by atoms with E-state index < -0.39 is 0 Å². The van der Waals surface area contributed by atoms with E-state index >= 15 is 0 Å². The van der Waals surface area contributed by atoms with Gasteiger partial charge in [-0.3, -0.25) is 0 Å². The molecular formula is C10H8FNOS. The molecule has 0 spiro atoms. The molecule has 0 aliphatic carbocycles. The van der Waals surface area contributed by atoms with E-state index in [0.717, 1.165) is 5.01 Å². The Morgan fingerprint density at radius 3 is 3.00 bits per heavy atom. The molecule has 0 bridgehead atoms. The van der Waals surface area contributed by atoms with Crippen molar-refractivity contribution in [3.63, 3.8) is 0 Å². The predicted octanol–water partition coefficient (Wildman–Crippen LogP) is 2.58. The third kappa shape index (κ3) is 1.90. The standard InChI is InChI=1S/C10H8FNOS/c11-8-1-2-9(13)7(5-8)6-10-12-3-4-14-10/h1-5,13H,6H2. The molecule has 0 fully saturated rings. The molecule has 1 aromatic carbocycles. The minimum Gasteiger partial charge on any atom is -0.508 e. The van der Waals surface area contributed by atoms with Crippen LogP contribution in [0.3, 0.4) is 0 Å². The van der Waals surface area contributed by atoms with Crippen molar-refractivity contribution in [1.82, 2.24) is 4.98 Å². The summed E-state index contributed by atoms with van der Waals surface area (Å²) in [5.41, 5.74) is 0.569. The van der Waals surface area contributed by atoms with Crippen molar-refractivity contribution in [3.8, 4) is 5.75 Å². The number of aromatic nitrogens is 1. The predicted molar refractivity (Wildman–Crippen MR) is 53.0 cm³/mol. The van der Waals surface area contributed by atoms with E-state index in [-0.39, 0.29) is 11.6 Å². The van der Waals surface area contributed by atoms with Gasteiger partial charge < -0.3 is 5.11 Å². The SMILES string of the molecule is Oc1ccc(F)cc1Cc1nccs1. The molecular weight excluding hydrogens is 201 g/mol. The second-order valence-corrected chi connectivity index (χ2v) is 3.85. The number of thiazole rings is 1. The summed E-state index contributed by atoms with van der Waals surface area (Å²) in [6.07, 6.45) is 2.16. The zero-order valence-corrected chi connectivity index (χ0v) is 8.09. The van der Waals surface area contributed by atoms with Gasteiger partial charge in [0.25, 0.3) is 0 Å². The lowest BCUT2D eigenvalue weighted by Gasteiger charge is -2.01. The Morgan fingerprint density at radius 2 is 2.29 bits per heavy atom. The third-order valence-corrected chi connectivity index (χ3v) is 2.65. The van der Waals surface area contributed by atoms with Crippen molar-refractivity contribution >= 4 is 11.3 Å². The maximum absolute atomic E-state index is 12.8. The minimum atomic E-state index is -0.339. The first-order chi connectivity index (χ1) is 6.75. The molecule has 0 atom stereocenters. The molecule has 1 heterocycles. The van der Waals surface area contributed by atoms with E-state index in [1.807, 2.05) is 5.38 Å². The van der Waals surface area contributed by atoms with Gasteiger partial charge in [-0.15, -0.1) is 11.3 Å². The summed E-state index contributed by atoms with van der Waals surface area (Å²) in [4.78, 5) is 4.07. The number of hydrogen-bond donors (Lipinski definition) is 1. The second kappa shape index (κ2) is 3.75. The molecule has 0 saturated carbocycles. The van der Waals surface area contributed by atoms with Gasteiger partial charge in [-0.2, -0.15) is 0 Å². The van der Waals surface area contributed by atoms with Crippen LogP contribution >= 0.6 is 11.3 Å². The average Bonchev–Trinajstić information content (AvgIpc) is 2.64. The first-order valence-corrected chi connectivity index (χ1v) is 4.99. The fourth-order valence-electron chi connectivity index (χ4n) is 1.20. The van der Waals surface area contributed by atoms with Crippen molar-refractivity contribution in [2.24, 2.45) is 0 Å². The van der Waals surface area contributed by atoms with Crippen molar-refractivity contribution in [1.29, 1.82) is 0 Å². The second-order valence-electron chi connectivity index (χ2n) is 2.88. The molecule has 0 saturated heterocycles. The first kappa shape index (κ1) is 9.15. The van der Waals surface area contributed by atoms with Gasteiger partial charge >= 0.3 is 0 Å². The van der Waals surface area contributed by atoms with Gasteiger partial charge in [0.15, 0.2) is 0 Å². The van der Waals surface area contributed by atoms with Crippen molar-refractivity contribution in [2.45, 2.75) is 6.42 Å². The molecule has 14 heavy (non-hydrogen) atoms. The van der Waals surface area contributed by atoms with Crippen molar-refractivity contribution in [3.05, 3.63) is 46.2 Å². The number of phenols is 1. The Bertz CT molecular complexity index is 428. The monoisotopic (exact) mass is 209 g/mol. The van der Waals surface area contributed by atoms with E-state index in [4.69, 9.17) is 0 Å². The number of phenolic OH excluding ortho intramolecular Hbond substituents is 1.